The van der Waals surface area contributed by atoms with Gasteiger partial charge in [-0.3, -0.25) is 10.2 Å². The van der Waals surface area contributed by atoms with E-state index in [1.807, 2.05) is 38.1 Å². The van der Waals surface area contributed by atoms with Crippen LogP contribution in [0, 0.1) is 0 Å². The van der Waals surface area contributed by atoms with E-state index in [0.717, 1.165) is 17.0 Å². The van der Waals surface area contributed by atoms with Gasteiger partial charge in [-0.2, -0.15) is 0 Å². The third-order valence-electron chi connectivity index (χ3n) is 2.28. The van der Waals surface area contributed by atoms with Gasteiger partial charge in [0.05, 0.1) is 5.25 Å². The van der Waals surface area contributed by atoms with E-state index >= 15 is 0 Å². The fraction of sp³-hybridized carbons (Fsp3) is 0.308. The summed E-state index contributed by atoms with van der Waals surface area (Å²) < 4.78 is 0. The molecule has 0 saturated carbocycles. The van der Waals surface area contributed by atoms with Gasteiger partial charge in [0.25, 0.3) is 5.91 Å². The molecule has 1 amide bonds. The van der Waals surface area contributed by atoms with Crippen LogP contribution < -0.4 is 10.9 Å². The molecule has 3 nitrogen and oxygen atoms in total. The summed E-state index contributed by atoms with van der Waals surface area (Å²) in [5.74, 6) is -0.0791. The van der Waals surface area contributed by atoms with E-state index in [1.165, 1.54) is 11.8 Å². The molecule has 1 atom stereocenters. The largest absolute Gasteiger partial charge is 0.303 e. The number of rotatable bonds is 6. The zero-order valence-corrected chi connectivity index (χ0v) is 12.1. The molecule has 0 aliphatic rings. The van der Waals surface area contributed by atoms with Gasteiger partial charge in [0.2, 0.25) is 0 Å². The third-order valence-corrected chi connectivity index (χ3v) is 3.65. The molecule has 5 heteroatoms. The average molecular weight is 285 g/mol. The number of amides is 1. The fourth-order valence-corrected chi connectivity index (χ4v) is 2.10. The van der Waals surface area contributed by atoms with E-state index in [9.17, 15) is 4.79 Å². The van der Waals surface area contributed by atoms with Gasteiger partial charge >= 0.3 is 0 Å². The molecule has 0 saturated heterocycles. The lowest BCUT2D eigenvalue weighted by atomic mass is 10.4. The van der Waals surface area contributed by atoms with Crippen molar-refractivity contribution in [3.8, 4) is 0 Å². The van der Waals surface area contributed by atoms with Crippen molar-refractivity contribution in [1.29, 1.82) is 0 Å². The Morgan fingerprint density at radius 1 is 1.39 bits per heavy atom. The normalized spacial score (nSPS) is 11.7. The van der Waals surface area contributed by atoms with Crippen molar-refractivity contribution >= 4 is 29.3 Å². The number of carbonyl (C=O) groups excluding carboxylic acids is 1. The third kappa shape index (κ3) is 5.02. The molecule has 0 aliphatic heterocycles. The monoisotopic (exact) mass is 284 g/mol. The van der Waals surface area contributed by atoms with Crippen molar-refractivity contribution in [3.63, 3.8) is 0 Å². The Kier molecular flexibility index (Phi) is 6.09. The van der Waals surface area contributed by atoms with Crippen LogP contribution in [0.4, 0.5) is 0 Å². The van der Waals surface area contributed by atoms with Crippen molar-refractivity contribution in [1.82, 2.24) is 10.9 Å². The molecule has 98 valence electrons. The second-order valence-electron chi connectivity index (χ2n) is 3.79. The second-order valence-corrected chi connectivity index (χ2v) is 5.64. The number of hydrogen-bond donors (Lipinski definition) is 2. The van der Waals surface area contributed by atoms with Crippen molar-refractivity contribution in [2.75, 3.05) is 0 Å². The SMILES string of the molecule is C=C(CC)NNC(=O)[C@@H](C)Sc1ccc(Cl)cc1. The molecule has 0 radical (unpaired) electrons. The molecule has 1 aromatic rings. The zero-order chi connectivity index (χ0) is 13.5. The molecular formula is C13H17ClN2OS. The number of nitrogens with one attached hydrogen (secondary N) is 2. The summed E-state index contributed by atoms with van der Waals surface area (Å²) in [6.07, 6.45) is 0.777. The van der Waals surface area contributed by atoms with Crippen molar-refractivity contribution in [3.05, 3.63) is 41.6 Å². The Labute approximate surface area is 117 Å². The summed E-state index contributed by atoms with van der Waals surface area (Å²) in [5, 5.41) is 0.501. The maximum atomic E-state index is 11.8. The van der Waals surface area contributed by atoms with Gasteiger partial charge in [0.15, 0.2) is 0 Å². The van der Waals surface area contributed by atoms with Crippen LogP contribution in [-0.2, 0) is 4.79 Å². The summed E-state index contributed by atoms with van der Waals surface area (Å²) in [7, 11) is 0. The van der Waals surface area contributed by atoms with Gasteiger partial charge in [-0.1, -0.05) is 25.1 Å². The summed E-state index contributed by atoms with van der Waals surface area (Å²) in [6.45, 7) is 7.57. The Balaban J connectivity index is 2.44. The van der Waals surface area contributed by atoms with Crippen LogP contribution in [-0.4, -0.2) is 11.2 Å². The first-order chi connectivity index (χ1) is 8.52. The Morgan fingerprint density at radius 2 is 2.00 bits per heavy atom. The maximum absolute atomic E-state index is 11.8. The van der Waals surface area contributed by atoms with Crippen LogP contribution >= 0.6 is 23.4 Å². The maximum Gasteiger partial charge on any atom is 0.251 e. The van der Waals surface area contributed by atoms with Gasteiger partial charge in [-0.05, 0) is 37.6 Å². The van der Waals surface area contributed by atoms with E-state index < -0.39 is 0 Å². The van der Waals surface area contributed by atoms with Gasteiger partial charge in [0, 0.05) is 15.6 Å². The molecule has 0 fully saturated rings. The molecule has 18 heavy (non-hydrogen) atoms. The molecule has 1 aromatic carbocycles. The van der Waals surface area contributed by atoms with Crippen molar-refractivity contribution < 1.29 is 4.79 Å². The highest BCUT2D eigenvalue weighted by Gasteiger charge is 2.13. The van der Waals surface area contributed by atoms with E-state index in [1.54, 1.807) is 0 Å². The van der Waals surface area contributed by atoms with E-state index in [0.29, 0.717) is 5.02 Å². The van der Waals surface area contributed by atoms with E-state index in [2.05, 4.69) is 17.4 Å². The first kappa shape index (κ1) is 14.9. The molecule has 0 unspecified atom stereocenters. The summed E-state index contributed by atoms with van der Waals surface area (Å²) in [6, 6.07) is 7.42. The minimum atomic E-state index is -0.191. The lowest BCUT2D eigenvalue weighted by molar-refractivity contribution is -0.121. The topological polar surface area (TPSA) is 41.1 Å². The van der Waals surface area contributed by atoms with Crippen LogP contribution in [0.15, 0.2) is 41.4 Å². The minimum absolute atomic E-state index is 0.0791. The molecule has 0 heterocycles. The first-order valence-corrected chi connectivity index (χ1v) is 6.94. The van der Waals surface area contributed by atoms with Crippen LogP contribution in [0.2, 0.25) is 5.02 Å². The van der Waals surface area contributed by atoms with E-state index in [4.69, 9.17) is 11.6 Å². The van der Waals surface area contributed by atoms with Gasteiger partial charge in [-0.15, -0.1) is 11.8 Å². The molecule has 0 bridgehead atoms. The Hall–Kier alpha value is -1.13. The van der Waals surface area contributed by atoms with Gasteiger partial charge < -0.3 is 5.43 Å². The fourth-order valence-electron chi connectivity index (χ4n) is 1.11. The van der Waals surface area contributed by atoms with Crippen molar-refractivity contribution in [2.24, 2.45) is 0 Å². The summed E-state index contributed by atoms with van der Waals surface area (Å²) >= 11 is 7.28. The van der Waals surface area contributed by atoms with Crippen LogP contribution in [0.25, 0.3) is 0 Å². The molecule has 0 spiro atoms. The van der Waals surface area contributed by atoms with Crippen LogP contribution in [0.3, 0.4) is 0 Å². The number of hydrogen-bond acceptors (Lipinski definition) is 3. The van der Waals surface area contributed by atoms with Crippen molar-refractivity contribution in [2.45, 2.75) is 30.4 Å². The number of thioether (sulfide) groups is 1. The predicted molar refractivity (Wildman–Crippen MR) is 77.5 cm³/mol. The first-order valence-electron chi connectivity index (χ1n) is 5.68. The highest BCUT2D eigenvalue weighted by molar-refractivity contribution is 8.00. The number of hydrazine groups is 1. The zero-order valence-electron chi connectivity index (χ0n) is 10.5. The lowest BCUT2D eigenvalue weighted by Gasteiger charge is -2.14. The number of benzene rings is 1. The molecule has 0 aliphatic carbocycles. The van der Waals surface area contributed by atoms with E-state index in [-0.39, 0.29) is 11.2 Å². The standard InChI is InChI=1S/C13H17ClN2OS/c1-4-9(2)15-16-13(17)10(3)18-12-7-5-11(14)6-8-12/h5-8,10,15H,2,4H2,1,3H3,(H,16,17)/t10-/m1/s1. The van der Waals surface area contributed by atoms with Gasteiger partial charge in [0.1, 0.15) is 0 Å². The van der Waals surface area contributed by atoms with Crippen LogP contribution in [0.1, 0.15) is 20.3 Å². The highest BCUT2D eigenvalue weighted by atomic mass is 35.5. The molecular weight excluding hydrogens is 268 g/mol. The number of allylic oxidation sites excluding steroid dienone is 1. The summed E-state index contributed by atoms with van der Waals surface area (Å²) in [4.78, 5) is 12.8. The Bertz CT molecular complexity index is 420. The average Bonchev–Trinajstić information content (AvgIpc) is 2.38. The number of carbonyl (C=O) groups is 1. The number of halogens is 1. The molecule has 2 N–H and O–H groups in total. The predicted octanol–water partition coefficient (Wildman–Crippen LogP) is 3.37. The Morgan fingerprint density at radius 3 is 2.56 bits per heavy atom. The lowest BCUT2D eigenvalue weighted by Crippen LogP contribution is -2.40. The smallest absolute Gasteiger partial charge is 0.251 e. The molecule has 1 rings (SSSR count). The highest BCUT2D eigenvalue weighted by Crippen LogP contribution is 2.24. The van der Waals surface area contributed by atoms with Crippen LogP contribution in [0.5, 0.6) is 0 Å². The molecule has 0 aromatic heterocycles. The summed E-state index contributed by atoms with van der Waals surface area (Å²) in [5.41, 5.74) is 6.19. The minimum Gasteiger partial charge on any atom is -0.303 e. The second kappa shape index (κ2) is 7.34. The quantitative estimate of drug-likeness (QED) is 0.622. The van der Waals surface area contributed by atoms with Gasteiger partial charge in [-0.25, -0.2) is 0 Å².